The lowest BCUT2D eigenvalue weighted by atomic mass is 10.1. The molecule has 3 N–H and O–H groups in total. The smallest absolute Gasteiger partial charge is 0.270 e. The summed E-state index contributed by atoms with van der Waals surface area (Å²) in [5.74, 6) is -0.168. The number of aromatic amines is 1. The minimum Gasteiger partial charge on any atom is -0.394 e. The highest BCUT2D eigenvalue weighted by molar-refractivity contribution is 5.99. The highest BCUT2D eigenvalue weighted by atomic mass is 16.3. The number of hydrogen-bond acceptors (Lipinski definition) is 3. The summed E-state index contributed by atoms with van der Waals surface area (Å²) in [7, 11) is 0. The lowest BCUT2D eigenvalue weighted by Crippen LogP contribution is -2.38. The Morgan fingerprint density at radius 1 is 1.43 bits per heavy atom. The fourth-order valence-electron chi connectivity index (χ4n) is 3.04. The van der Waals surface area contributed by atoms with E-state index in [0.717, 1.165) is 16.5 Å². The number of likely N-dealkylation sites (tertiary alicyclic amines) is 1. The summed E-state index contributed by atoms with van der Waals surface area (Å²) in [6.45, 7) is 4.23. The molecule has 2 atom stereocenters. The van der Waals surface area contributed by atoms with Crippen molar-refractivity contribution in [3.05, 3.63) is 35.0 Å². The molecule has 1 fully saturated rings. The summed E-state index contributed by atoms with van der Waals surface area (Å²) in [5.41, 5.74) is 3.78. The van der Waals surface area contributed by atoms with Crippen molar-refractivity contribution in [1.29, 1.82) is 0 Å². The molecule has 0 spiro atoms. The number of H-pyrrole nitrogens is 1. The van der Waals surface area contributed by atoms with E-state index in [4.69, 9.17) is 0 Å². The Bertz CT molecular complexity index is 692. The summed E-state index contributed by atoms with van der Waals surface area (Å²) < 4.78 is 0. The second-order valence-electron chi connectivity index (χ2n) is 5.84. The number of carbonyl (C=O) groups is 1. The van der Waals surface area contributed by atoms with Gasteiger partial charge in [0.15, 0.2) is 0 Å². The van der Waals surface area contributed by atoms with E-state index >= 15 is 0 Å². The van der Waals surface area contributed by atoms with E-state index in [2.05, 4.69) is 4.98 Å². The van der Waals surface area contributed by atoms with Crippen LogP contribution in [0.2, 0.25) is 0 Å². The number of aromatic nitrogens is 1. The van der Waals surface area contributed by atoms with Crippen LogP contribution in [0.3, 0.4) is 0 Å². The van der Waals surface area contributed by atoms with Crippen LogP contribution in [0.1, 0.15) is 28.0 Å². The average Bonchev–Trinajstić information content (AvgIpc) is 3.06. The maximum Gasteiger partial charge on any atom is 0.270 e. The number of aryl methyl sites for hydroxylation is 2. The Labute approximate surface area is 123 Å². The second kappa shape index (κ2) is 5.16. The van der Waals surface area contributed by atoms with E-state index in [1.807, 2.05) is 32.0 Å². The third-order valence-electron chi connectivity index (χ3n) is 4.44. The summed E-state index contributed by atoms with van der Waals surface area (Å²) in [6.07, 6.45) is -0.125. The molecule has 3 rings (SSSR count). The van der Waals surface area contributed by atoms with Crippen molar-refractivity contribution in [2.45, 2.75) is 32.4 Å². The van der Waals surface area contributed by atoms with Crippen LogP contribution in [-0.2, 0) is 0 Å². The molecule has 1 aliphatic rings. The Kier molecular flexibility index (Phi) is 3.47. The molecule has 112 valence electrons. The molecule has 5 heteroatoms. The predicted octanol–water partition coefficient (Wildman–Crippen LogP) is 1.35. The lowest BCUT2D eigenvalue weighted by molar-refractivity contribution is 0.0660. The molecule has 1 aromatic heterocycles. The molecule has 1 saturated heterocycles. The number of carbonyl (C=O) groups excluding carboxylic acids is 1. The van der Waals surface area contributed by atoms with Crippen LogP contribution in [0.4, 0.5) is 0 Å². The first-order valence-corrected chi connectivity index (χ1v) is 7.20. The van der Waals surface area contributed by atoms with Gasteiger partial charge in [-0.05, 0) is 43.5 Å². The average molecular weight is 288 g/mol. The Hall–Kier alpha value is -1.85. The molecule has 0 aliphatic carbocycles. The summed E-state index contributed by atoms with van der Waals surface area (Å²) in [6, 6.07) is 5.55. The van der Waals surface area contributed by atoms with Gasteiger partial charge in [-0.3, -0.25) is 4.79 Å². The van der Waals surface area contributed by atoms with Gasteiger partial charge in [0.1, 0.15) is 5.69 Å². The SMILES string of the molecule is Cc1ccc2[nH]c(C(=O)N3C[C@@H](O)C[C@H]3CO)cc2c1C. The van der Waals surface area contributed by atoms with Crippen molar-refractivity contribution in [1.82, 2.24) is 9.88 Å². The first-order valence-electron chi connectivity index (χ1n) is 7.20. The number of amides is 1. The van der Waals surface area contributed by atoms with Gasteiger partial charge < -0.3 is 20.1 Å². The molecule has 0 saturated carbocycles. The molecule has 2 aromatic rings. The fourth-order valence-corrected chi connectivity index (χ4v) is 3.04. The van der Waals surface area contributed by atoms with Crippen LogP contribution in [0.15, 0.2) is 18.2 Å². The number of benzene rings is 1. The fraction of sp³-hybridized carbons (Fsp3) is 0.438. The minimum absolute atomic E-state index is 0.124. The molecule has 1 amide bonds. The van der Waals surface area contributed by atoms with Crippen molar-refractivity contribution in [3.8, 4) is 0 Å². The zero-order valence-corrected chi connectivity index (χ0v) is 12.3. The van der Waals surface area contributed by atoms with Crippen LogP contribution >= 0.6 is 0 Å². The molecule has 0 unspecified atom stereocenters. The maximum absolute atomic E-state index is 12.6. The lowest BCUT2D eigenvalue weighted by Gasteiger charge is -2.21. The monoisotopic (exact) mass is 288 g/mol. The van der Waals surface area contributed by atoms with Crippen molar-refractivity contribution in [2.75, 3.05) is 13.2 Å². The second-order valence-corrected chi connectivity index (χ2v) is 5.84. The zero-order chi connectivity index (χ0) is 15.1. The molecule has 21 heavy (non-hydrogen) atoms. The summed E-state index contributed by atoms with van der Waals surface area (Å²) in [4.78, 5) is 17.3. The Balaban J connectivity index is 1.97. The number of rotatable bonds is 2. The van der Waals surface area contributed by atoms with Gasteiger partial charge in [0, 0.05) is 17.4 Å². The zero-order valence-electron chi connectivity index (χ0n) is 12.3. The van der Waals surface area contributed by atoms with Crippen LogP contribution in [0.25, 0.3) is 10.9 Å². The van der Waals surface area contributed by atoms with E-state index in [1.165, 1.54) is 5.56 Å². The molecule has 2 heterocycles. The molecular formula is C16H20N2O3. The third kappa shape index (κ3) is 2.32. The van der Waals surface area contributed by atoms with E-state index < -0.39 is 6.10 Å². The number of aliphatic hydroxyl groups is 2. The van der Waals surface area contributed by atoms with E-state index in [1.54, 1.807) is 4.90 Å². The van der Waals surface area contributed by atoms with E-state index in [0.29, 0.717) is 12.1 Å². The van der Waals surface area contributed by atoms with Crippen molar-refractivity contribution in [2.24, 2.45) is 0 Å². The van der Waals surface area contributed by atoms with Gasteiger partial charge in [-0.1, -0.05) is 6.07 Å². The quantitative estimate of drug-likeness (QED) is 0.781. The number of fused-ring (bicyclic) bond motifs is 1. The topological polar surface area (TPSA) is 76.6 Å². The van der Waals surface area contributed by atoms with Crippen molar-refractivity contribution >= 4 is 16.8 Å². The highest BCUT2D eigenvalue weighted by Gasteiger charge is 2.34. The third-order valence-corrected chi connectivity index (χ3v) is 4.44. The number of hydrogen-bond donors (Lipinski definition) is 3. The molecule has 1 aliphatic heterocycles. The van der Waals surface area contributed by atoms with Gasteiger partial charge in [0.05, 0.1) is 18.8 Å². The van der Waals surface area contributed by atoms with Crippen LogP contribution in [-0.4, -0.2) is 51.3 Å². The number of aliphatic hydroxyl groups excluding tert-OH is 2. The molecule has 0 radical (unpaired) electrons. The normalized spacial score (nSPS) is 22.2. The van der Waals surface area contributed by atoms with Crippen molar-refractivity contribution < 1.29 is 15.0 Å². The molecule has 5 nitrogen and oxygen atoms in total. The van der Waals surface area contributed by atoms with E-state index in [-0.39, 0.29) is 25.1 Å². The first kappa shape index (κ1) is 14.1. The predicted molar refractivity (Wildman–Crippen MR) is 80.3 cm³/mol. The summed E-state index contributed by atoms with van der Waals surface area (Å²) in [5, 5.41) is 20.1. The van der Waals surface area contributed by atoms with Gasteiger partial charge in [0.2, 0.25) is 0 Å². The molecular weight excluding hydrogens is 268 g/mol. The highest BCUT2D eigenvalue weighted by Crippen LogP contribution is 2.25. The standard InChI is InChI=1S/C16H20N2O3/c1-9-3-4-14-13(10(9)2)6-15(17-14)16(21)18-7-12(20)5-11(18)8-19/h3-4,6,11-12,17,19-20H,5,7-8H2,1-2H3/t11-,12-/m0/s1. The molecule has 0 bridgehead atoms. The van der Waals surface area contributed by atoms with E-state index in [9.17, 15) is 15.0 Å². The summed E-state index contributed by atoms with van der Waals surface area (Å²) >= 11 is 0. The largest absolute Gasteiger partial charge is 0.394 e. The van der Waals surface area contributed by atoms with Crippen LogP contribution in [0, 0.1) is 13.8 Å². The number of β-amino-alcohol motifs (C(OH)–C–C–N with tert-alkyl or cyclic N) is 1. The van der Waals surface area contributed by atoms with Gasteiger partial charge in [0.25, 0.3) is 5.91 Å². The Morgan fingerprint density at radius 2 is 2.19 bits per heavy atom. The van der Waals surface area contributed by atoms with Gasteiger partial charge in [-0.2, -0.15) is 0 Å². The van der Waals surface area contributed by atoms with Crippen LogP contribution in [0.5, 0.6) is 0 Å². The molecule has 1 aromatic carbocycles. The van der Waals surface area contributed by atoms with Crippen LogP contribution < -0.4 is 0 Å². The minimum atomic E-state index is -0.556. The van der Waals surface area contributed by atoms with Gasteiger partial charge in [-0.25, -0.2) is 0 Å². The number of nitrogens with one attached hydrogen (secondary N) is 1. The van der Waals surface area contributed by atoms with Crippen molar-refractivity contribution in [3.63, 3.8) is 0 Å². The first-order chi connectivity index (χ1) is 10.0. The van der Waals surface area contributed by atoms with Gasteiger partial charge in [-0.15, -0.1) is 0 Å². The van der Waals surface area contributed by atoms with Gasteiger partial charge >= 0.3 is 0 Å². The maximum atomic E-state index is 12.6. The Morgan fingerprint density at radius 3 is 2.90 bits per heavy atom. The number of nitrogens with zero attached hydrogens (tertiary/aromatic N) is 1.